The van der Waals surface area contributed by atoms with Crippen LogP contribution in [0.4, 0.5) is 5.69 Å². The normalized spacial score (nSPS) is 12.0. The van der Waals surface area contributed by atoms with E-state index >= 15 is 0 Å². The topological polar surface area (TPSA) is 133 Å². The van der Waals surface area contributed by atoms with Crippen molar-refractivity contribution in [1.82, 2.24) is 4.72 Å². The minimum atomic E-state index is -3.95. The van der Waals surface area contributed by atoms with E-state index in [0.29, 0.717) is 0 Å². The number of Topliss-reactive ketones (excluding diaryl/α,β-unsaturated/α-hetero) is 1. The number of esters is 1. The summed E-state index contributed by atoms with van der Waals surface area (Å²) in [4.78, 5) is 35.7. The summed E-state index contributed by atoms with van der Waals surface area (Å²) in [7, 11) is -3.95. The van der Waals surface area contributed by atoms with Gasteiger partial charge in [0.25, 0.3) is 5.69 Å². The van der Waals surface area contributed by atoms with Crippen LogP contribution in [-0.2, 0) is 19.6 Å². The summed E-state index contributed by atoms with van der Waals surface area (Å²) in [5.74, 6) is -1.55. The van der Waals surface area contributed by atoms with Crippen molar-refractivity contribution in [3.8, 4) is 0 Å². The number of hydrogen-bond donors (Lipinski definition) is 1. The zero-order chi connectivity index (χ0) is 23.1. The molecule has 0 fully saturated rings. The van der Waals surface area contributed by atoms with E-state index in [0.717, 1.165) is 0 Å². The highest BCUT2D eigenvalue weighted by Gasteiger charge is 2.27. The Kier molecular flexibility index (Phi) is 7.08. The summed E-state index contributed by atoms with van der Waals surface area (Å²) in [5.41, 5.74) is 0.277. The Morgan fingerprint density at radius 1 is 0.906 bits per heavy atom. The third kappa shape index (κ3) is 5.62. The first kappa shape index (κ1) is 22.8. The Hall–Kier alpha value is -3.89. The van der Waals surface area contributed by atoms with E-state index in [1.54, 1.807) is 24.3 Å². The first-order valence-electron chi connectivity index (χ1n) is 9.36. The van der Waals surface area contributed by atoms with Gasteiger partial charge in [0.2, 0.25) is 15.8 Å². The predicted molar refractivity (Wildman–Crippen MR) is 114 cm³/mol. The van der Waals surface area contributed by atoms with Crippen LogP contribution >= 0.6 is 0 Å². The zero-order valence-electron chi connectivity index (χ0n) is 16.6. The van der Waals surface area contributed by atoms with Gasteiger partial charge in [-0.15, -0.1) is 0 Å². The molecular weight excluding hydrogens is 436 g/mol. The van der Waals surface area contributed by atoms with Gasteiger partial charge in [-0.3, -0.25) is 19.7 Å². The third-order valence-corrected chi connectivity index (χ3v) is 5.83. The van der Waals surface area contributed by atoms with Crippen LogP contribution in [0.15, 0.2) is 89.8 Å². The fraction of sp³-hybridized carbons (Fsp3) is 0.0909. The van der Waals surface area contributed by atoms with Crippen molar-refractivity contribution in [3.05, 3.63) is 106 Å². The van der Waals surface area contributed by atoms with Gasteiger partial charge in [-0.05, 0) is 24.3 Å². The van der Waals surface area contributed by atoms with Gasteiger partial charge in [0.1, 0.15) is 6.54 Å². The molecule has 3 aromatic rings. The molecule has 1 atom stereocenters. The molecule has 10 heteroatoms. The van der Waals surface area contributed by atoms with Gasteiger partial charge in [-0.2, -0.15) is 4.72 Å². The van der Waals surface area contributed by atoms with Crippen LogP contribution < -0.4 is 4.72 Å². The first-order chi connectivity index (χ1) is 15.3. The number of nitro groups is 1. The summed E-state index contributed by atoms with van der Waals surface area (Å²) in [6, 6.07) is 20.5. The van der Waals surface area contributed by atoms with Crippen LogP contribution in [0, 0.1) is 10.1 Å². The van der Waals surface area contributed by atoms with E-state index in [2.05, 4.69) is 4.72 Å². The second-order valence-electron chi connectivity index (χ2n) is 6.59. The Balaban J connectivity index is 1.79. The highest BCUT2D eigenvalue weighted by atomic mass is 32.2. The molecule has 0 aromatic heterocycles. The second-order valence-corrected chi connectivity index (χ2v) is 8.35. The molecule has 0 aliphatic rings. The maximum absolute atomic E-state index is 13.0. The van der Waals surface area contributed by atoms with Crippen LogP contribution in [0.3, 0.4) is 0 Å². The van der Waals surface area contributed by atoms with Crippen LogP contribution in [0.2, 0.25) is 0 Å². The van der Waals surface area contributed by atoms with Crippen molar-refractivity contribution in [2.45, 2.75) is 11.0 Å². The maximum Gasteiger partial charge on any atom is 0.322 e. The number of nitrogens with zero attached hydrogens (tertiary/aromatic N) is 1. The first-order valence-corrected chi connectivity index (χ1v) is 10.8. The molecule has 0 aliphatic carbocycles. The number of sulfonamides is 1. The van der Waals surface area contributed by atoms with Crippen LogP contribution in [0.1, 0.15) is 22.0 Å². The van der Waals surface area contributed by atoms with Crippen molar-refractivity contribution in [2.75, 3.05) is 6.54 Å². The van der Waals surface area contributed by atoms with Crippen molar-refractivity contribution < 1.29 is 27.7 Å². The molecule has 9 nitrogen and oxygen atoms in total. The Morgan fingerprint density at radius 3 is 2.03 bits per heavy atom. The molecule has 0 heterocycles. The summed E-state index contributed by atoms with van der Waals surface area (Å²) in [6.07, 6.45) is -1.41. The summed E-state index contributed by atoms with van der Waals surface area (Å²) >= 11 is 0. The number of ether oxygens (including phenoxy) is 1. The molecule has 0 saturated carbocycles. The average Bonchev–Trinajstić information content (AvgIpc) is 2.82. The molecule has 0 unspecified atom stereocenters. The fourth-order valence-corrected chi connectivity index (χ4v) is 3.80. The van der Waals surface area contributed by atoms with Gasteiger partial charge in [-0.25, -0.2) is 8.42 Å². The fourth-order valence-electron chi connectivity index (χ4n) is 2.81. The van der Waals surface area contributed by atoms with E-state index in [1.165, 1.54) is 60.7 Å². The third-order valence-electron chi connectivity index (χ3n) is 4.41. The summed E-state index contributed by atoms with van der Waals surface area (Å²) in [5, 5.41) is 10.9. The van der Waals surface area contributed by atoms with Gasteiger partial charge in [0.05, 0.1) is 9.82 Å². The number of ketones is 1. The molecule has 1 N–H and O–H groups in total. The molecule has 0 radical (unpaired) electrons. The Morgan fingerprint density at radius 2 is 1.47 bits per heavy atom. The number of rotatable bonds is 9. The van der Waals surface area contributed by atoms with Crippen molar-refractivity contribution in [2.24, 2.45) is 0 Å². The lowest BCUT2D eigenvalue weighted by molar-refractivity contribution is -0.384. The van der Waals surface area contributed by atoms with Crippen LogP contribution in [0.5, 0.6) is 0 Å². The lowest BCUT2D eigenvalue weighted by atomic mass is 9.99. The largest absolute Gasteiger partial charge is 0.448 e. The van der Waals surface area contributed by atoms with Gasteiger partial charge in [0, 0.05) is 23.3 Å². The molecule has 0 amide bonds. The van der Waals surface area contributed by atoms with Gasteiger partial charge in [0.15, 0.2) is 6.10 Å². The minimum Gasteiger partial charge on any atom is -0.448 e. The predicted octanol–water partition coefficient (Wildman–Crippen LogP) is 3.04. The highest BCUT2D eigenvalue weighted by molar-refractivity contribution is 7.89. The van der Waals surface area contributed by atoms with Crippen molar-refractivity contribution in [3.63, 3.8) is 0 Å². The number of carbonyl (C=O) groups is 2. The van der Waals surface area contributed by atoms with E-state index in [1.807, 2.05) is 0 Å². The lowest BCUT2D eigenvalue weighted by Crippen LogP contribution is -2.32. The molecule has 0 bridgehead atoms. The van der Waals surface area contributed by atoms with E-state index in [-0.39, 0.29) is 21.7 Å². The molecule has 3 aromatic carbocycles. The molecular formula is C22H18N2O7S. The number of benzene rings is 3. The van der Waals surface area contributed by atoms with E-state index < -0.39 is 39.3 Å². The average molecular weight is 454 g/mol. The molecule has 164 valence electrons. The maximum atomic E-state index is 13.0. The number of hydrogen-bond acceptors (Lipinski definition) is 7. The van der Waals surface area contributed by atoms with Crippen molar-refractivity contribution >= 4 is 27.5 Å². The lowest BCUT2D eigenvalue weighted by Gasteiger charge is -2.18. The highest BCUT2D eigenvalue weighted by Crippen LogP contribution is 2.25. The van der Waals surface area contributed by atoms with Crippen molar-refractivity contribution in [1.29, 1.82) is 0 Å². The molecule has 3 rings (SSSR count). The molecule has 0 spiro atoms. The molecule has 0 saturated heterocycles. The van der Waals surface area contributed by atoms with E-state index in [4.69, 9.17) is 4.74 Å². The standard InChI is InChI=1S/C22H18N2O7S/c25-20(15-23-32(29,30)19-9-5-2-6-10-19)31-22(21(26)16-7-3-1-4-8-16)17-11-13-18(14-12-17)24(27)28/h1-14,22-23H,15H2/t22-/m0/s1. The number of carbonyl (C=O) groups excluding carboxylic acids is 2. The molecule has 32 heavy (non-hydrogen) atoms. The Labute approximate surface area is 183 Å². The van der Waals surface area contributed by atoms with Crippen LogP contribution in [-0.4, -0.2) is 31.6 Å². The minimum absolute atomic E-state index is 0.0277. The number of nitrogens with one attached hydrogen (secondary N) is 1. The zero-order valence-corrected chi connectivity index (χ0v) is 17.4. The van der Waals surface area contributed by atoms with E-state index in [9.17, 15) is 28.1 Å². The smallest absolute Gasteiger partial charge is 0.322 e. The SMILES string of the molecule is O=C(CNS(=O)(=O)c1ccccc1)O[C@H](C(=O)c1ccccc1)c1ccc([N+](=O)[O-])cc1. The van der Waals surface area contributed by atoms with Gasteiger partial charge < -0.3 is 4.74 Å². The quantitative estimate of drug-likeness (QED) is 0.227. The summed E-state index contributed by atoms with van der Waals surface area (Å²) in [6.45, 7) is -0.706. The van der Waals surface area contributed by atoms with Gasteiger partial charge in [-0.1, -0.05) is 48.5 Å². The molecule has 0 aliphatic heterocycles. The number of non-ortho nitro benzene ring substituents is 1. The van der Waals surface area contributed by atoms with Gasteiger partial charge >= 0.3 is 5.97 Å². The monoisotopic (exact) mass is 454 g/mol. The van der Waals surface area contributed by atoms with Crippen LogP contribution in [0.25, 0.3) is 0 Å². The Bertz CT molecular complexity index is 1210. The number of nitro benzene ring substituents is 1. The summed E-state index contributed by atoms with van der Waals surface area (Å²) < 4.78 is 32.0. The second kappa shape index (κ2) is 9.94.